The molecule has 8 nitrogen and oxygen atoms in total. The summed E-state index contributed by atoms with van der Waals surface area (Å²) in [5.74, 6) is -0.278. The van der Waals surface area contributed by atoms with Gasteiger partial charge >= 0.3 is 0 Å². The molecule has 8 heteroatoms. The molecule has 35 heavy (non-hydrogen) atoms. The number of rotatable bonds is 11. The summed E-state index contributed by atoms with van der Waals surface area (Å²) in [6.45, 7) is 6.22. The largest absolute Gasteiger partial charge is 0.365 e. The topological polar surface area (TPSA) is 83.0 Å². The van der Waals surface area contributed by atoms with Crippen molar-refractivity contribution in [1.29, 1.82) is 0 Å². The molecule has 0 bridgehead atoms. The van der Waals surface area contributed by atoms with Crippen LogP contribution in [0, 0.1) is 0 Å². The third-order valence-electron chi connectivity index (χ3n) is 6.33. The van der Waals surface area contributed by atoms with E-state index in [2.05, 4.69) is 4.98 Å². The SMILES string of the molecule is CCN(CC)C(=O)COC1CN(CCc2ccccc2)C(=O)CN(C(=O)CCc2ccncc2)C1. The van der Waals surface area contributed by atoms with E-state index in [9.17, 15) is 14.4 Å². The summed E-state index contributed by atoms with van der Waals surface area (Å²) in [6, 6.07) is 13.8. The molecule has 0 spiro atoms. The van der Waals surface area contributed by atoms with Crippen molar-refractivity contribution in [3.63, 3.8) is 0 Å². The third-order valence-corrected chi connectivity index (χ3v) is 6.33. The molecule has 1 aromatic carbocycles. The van der Waals surface area contributed by atoms with Crippen molar-refractivity contribution in [2.75, 3.05) is 45.9 Å². The van der Waals surface area contributed by atoms with Crippen LogP contribution in [0.25, 0.3) is 0 Å². The Morgan fingerprint density at radius 3 is 2.37 bits per heavy atom. The van der Waals surface area contributed by atoms with Gasteiger partial charge in [0.1, 0.15) is 6.61 Å². The molecule has 1 aliphatic rings. The second-order valence-electron chi connectivity index (χ2n) is 8.70. The number of likely N-dealkylation sites (N-methyl/N-ethyl adjacent to an activating group) is 1. The van der Waals surface area contributed by atoms with Crippen molar-refractivity contribution < 1.29 is 19.1 Å². The smallest absolute Gasteiger partial charge is 0.248 e. The van der Waals surface area contributed by atoms with E-state index >= 15 is 0 Å². The average molecular weight is 481 g/mol. The van der Waals surface area contributed by atoms with Crippen molar-refractivity contribution in [2.45, 2.75) is 39.2 Å². The van der Waals surface area contributed by atoms with Crippen LogP contribution in [0.1, 0.15) is 31.4 Å². The highest BCUT2D eigenvalue weighted by Gasteiger charge is 2.31. The van der Waals surface area contributed by atoms with E-state index in [0.717, 1.165) is 11.1 Å². The first kappa shape index (κ1) is 26.3. The molecular formula is C27H36N4O4. The Kier molecular flexibility index (Phi) is 10.2. The first-order valence-electron chi connectivity index (χ1n) is 12.4. The van der Waals surface area contributed by atoms with Crippen LogP contribution in [-0.2, 0) is 32.0 Å². The van der Waals surface area contributed by atoms with Crippen LogP contribution in [0.4, 0.5) is 0 Å². The molecular weight excluding hydrogens is 444 g/mol. The normalized spacial score (nSPS) is 16.2. The molecule has 1 fully saturated rings. The lowest BCUT2D eigenvalue weighted by atomic mass is 10.1. The van der Waals surface area contributed by atoms with Gasteiger partial charge in [-0.1, -0.05) is 30.3 Å². The van der Waals surface area contributed by atoms with Crippen LogP contribution in [0.2, 0.25) is 0 Å². The molecule has 1 saturated heterocycles. The van der Waals surface area contributed by atoms with Gasteiger partial charge in [-0.2, -0.15) is 0 Å². The Morgan fingerprint density at radius 2 is 1.69 bits per heavy atom. The van der Waals surface area contributed by atoms with E-state index in [1.165, 1.54) is 0 Å². The van der Waals surface area contributed by atoms with Crippen LogP contribution < -0.4 is 0 Å². The molecule has 3 rings (SSSR count). The van der Waals surface area contributed by atoms with Gasteiger partial charge in [0, 0.05) is 51.5 Å². The summed E-state index contributed by atoms with van der Waals surface area (Å²) < 4.78 is 6.00. The summed E-state index contributed by atoms with van der Waals surface area (Å²) in [7, 11) is 0. The highest BCUT2D eigenvalue weighted by Crippen LogP contribution is 2.13. The second-order valence-corrected chi connectivity index (χ2v) is 8.70. The number of ether oxygens (including phenoxy) is 1. The molecule has 1 atom stereocenters. The number of amides is 3. The van der Waals surface area contributed by atoms with Gasteiger partial charge in [0.05, 0.1) is 12.6 Å². The lowest BCUT2D eigenvalue weighted by molar-refractivity contribution is -0.139. The van der Waals surface area contributed by atoms with Gasteiger partial charge < -0.3 is 19.4 Å². The second kappa shape index (κ2) is 13.6. The van der Waals surface area contributed by atoms with Crippen molar-refractivity contribution >= 4 is 17.7 Å². The van der Waals surface area contributed by atoms with Gasteiger partial charge in [0.25, 0.3) is 0 Å². The molecule has 0 saturated carbocycles. The molecule has 3 amide bonds. The Morgan fingerprint density at radius 1 is 1.00 bits per heavy atom. The van der Waals surface area contributed by atoms with Crippen LogP contribution in [-0.4, -0.2) is 89.4 Å². The fourth-order valence-corrected chi connectivity index (χ4v) is 4.21. The van der Waals surface area contributed by atoms with Crippen LogP contribution in [0.3, 0.4) is 0 Å². The minimum atomic E-state index is -0.429. The first-order chi connectivity index (χ1) is 17.0. The molecule has 1 aliphatic heterocycles. The minimum absolute atomic E-state index is 0.0216. The zero-order valence-electron chi connectivity index (χ0n) is 20.8. The van der Waals surface area contributed by atoms with Gasteiger partial charge in [-0.3, -0.25) is 19.4 Å². The van der Waals surface area contributed by atoms with Crippen molar-refractivity contribution in [3.05, 3.63) is 66.0 Å². The maximum absolute atomic E-state index is 13.1. The van der Waals surface area contributed by atoms with Crippen LogP contribution >= 0.6 is 0 Å². The zero-order chi connectivity index (χ0) is 25.0. The maximum atomic E-state index is 13.1. The fraction of sp³-hybridized carbons (Fsp3) is 0.481. The molecule has 1 unspecified atom stereocenters. The zero-order valence-corrected chi connectivity index (χ0v) is 20.8. The number of carbonyl (C=O) groups excluding carboxylic acids is 3. The highest BCUT2D eigenvalue weighted by atomic mass is 16.5. The number of benzene rings is 1. The predicted octanol–water partition coefficient (Wildman–Crippen LogP) is 2.18. The summed E-state index contributed by atoms with van der Waals surface area (Å²) in [5, 5.41) is 0. The number of carbonyl (C=O) groups is 3. The average Bonchev–Trinajstić information content (AvgIpc) is 3.05. The van der Waals surface area contributed by atoms with E-state index < -0.39 is 6.10 Å². The van der Waals surface area contributed by atoms with Gasteiger partial charge in [-0.15, -0.1) is 0 Å². The number of nitrogens with zero attached hydrogens (tertiary/aromatic N) is 4. The summed E-state index contributed by atoms with van der Waals surface area (Å²) >= 11 is 0. The highest BCUT2D eigenvalue weighted by molar-refractivity contribution is 5.85. The molecule has 2 aromatic rings. The van der Waals surface area contributed by atoms with Gasteiger partial charge in [0.15, 0.2) is 0 Å². The van der Waals surface area contributed by atoms with Crippen molar-refractivity contribution in [1.82, 2.24) is 19.7 Å². The van der Waals surface area contributed by atoms with E-state index in [1.807, 2.05) is 56.3 Å². The van der Waals surface area contributed by atoms with Crippen molar-refractivity contribution in [3.8, 4) is 0 Å². The molecule has 1 aromatic heterocycles. The van der Waals surface area contributed by atoms with Crippen LogP contribution in [0.15, 0.2) is 54.9 Å². The number of aryl methyl sites for hydroxylation is 1. The standard InChI is InChI=1S/C27H36N4O4/c1-3-29(4-2)27(34)21-35-24-18-30(17-14-22-8-6-5-7-9-22)26(33)20-31(19-24)25(32)11-10-23-12-15-28-16-13-23/h5-9,12-13,15-16,24H,3-4,10-11,14,17-21H2,1-2H3. The molecule has 0 N–H and O–H groups in total. The number of pyridine rings is 1. The van der Waals surface area contributed by atoms with E-state index in [1.54, 1.807) is 27.1 Å². The quantitative estimate of drug-likeness (QED) is 0.492. The lowest BCUT2D eigenvalue weighted by Gasteiger charge is -2.26. The lowest BCUT2D eigenvalue weighted by Crippen LogP contribution is -2.41. The molecule has 0 aliphatic carbocycles. The number of aromatic nitrogens is 1. The Balaban J connectivity index is 1.66. The van der Waals surface area contributed by atoms with Crippen molar-refractivity contribution in [2.24, 2.45) is 0 Å². The Hall–Kier alpha value is -3.26. The Labute approximate surface area is 207 Å². The fourth-order valence-electron chi connectivity index (χ4n) is 4.21. The maximum Gasteiger partial charge on any atom is 0.248 e. The first-order valence-corrected chi connectivity index (χ1v) is 12.4. The molecule has 0 radical (unpaired) electrons. The van der Waals surface area contributed by atoms with E-state index in [0.29, 0.717) is 45.4 Å². The predicted molar refractivity (Wildman–Crippen MR) is 134 cm³/mol. The monoisotopic (exact) mass is 480 g/mol. The van der Waals surface area contributed by atoms with Gasteiger partial charge in [-0.25, -0.2) is 0 Å². The summed E-state index contributed by atoms with van der Waals surface area (Å²) in [6.07, 6.45) is 4.57. The Bertz CT molecular complexity index is 950. The summed E-state index contributed by atoms with van der Waals surface area (Å²) in [4.78, 5) is 47.7. The van der Waals surface area contributed by atoms with Gasteiger partial charge in [0.2, 0.25) is 17.7 Å². The molecule has 188 valence electrons. The number of hydrogen-bond donors (Lipinski definition) is 0. The third kappa shape index (κ3) is 8.17. The minimum Gasteiger partial charge on any atom is -0.365 e. The van der Waals surface area contributed by atoms with E-state index in [4.69, 9.17) is 4.74 Å². The van der Waals surface area contributed by atoms with E-state index in [-0.39, 0.29) is 37.4 Å². The number of hydrogen-bond acceptors (Lipinski definition) is 5. The summed E-state index contributed by atoms with van der Waals surface area (Å²) in [5.41, 5.74) is 2.17. The molecule has 2 heterocycles. The van der Waals surface area contributed by atoms with Gasteiger partial charge in [-0.05, 0) is 49.9 Å². The van der Waals surface area contributed by atoms with Crippen LogP contribution in [0.5, 0.6) is 0 Å².